The molecule has 1 saturated carbocycles. The highest BCUT2D eigenvalue weighted by Crippen LogP contribution is 2.31. The Morgan fingerprint density at radius 2 is 1.93 bits per heavy atom. The quantitative estimate of drug-likeness (QED) is 0.789. The minimum atomic E-state index is -0.576. The molecule has 0 aromatic heterocycles. The van der Waals surface area contributed by atoms with Gasteiger partial charge in [-0.25, -0.2) is 4.79 Å². The van der Waals surface area contributed by atoms with Crippen LogP contribution in [0.15, 0.2) is 0 Å². The molecule has 0 aromatic carbocycles. The molecule has 0 spiro atoms. The summed E-state index contributed by atoms with van der Waals surface area (Å²) in [6.07, 6.45) is 2.99. The third-order valence-corrected chi connectivity index (χ3v) is 5.75. The van der Waals surface area contributed by atoms with Crippen molar-refractivity contribution in [3.8, 4) is 0 Å². The van der Waals surface area contributed by atoms with Crippen molar-refractivity contribution in [3.05, 3.63) is 0 Å². The predicted octanol–water partition coefficient (Wildman–Crippen LogP) is 2.39. The highest BCUT2D eigenvalue weighted by Gasteiger charge is 2.43. The lowest BCUT2D eigenvalue weighted by Crippen LogP contribution is -2.54. The van der Waals surface area contributed by atoms with E-state index in [1.807, 2.05) is 25.7 Å². The van der Waals surface area contributed by atoms with Gasteiger partial charge in [-0.05, 0) is 67.3 Å². The van der Waals surface area contributed by atoms with Gasteiger partial charge in [-0.2, -0.15) is 0 Å². The maximum atomic E-state index is 12.9. The molecule has 1 saturated heterocycles. The molecule has 156 valence electrons. The van der Waals surface area contributed by atoms with Gasteiger partial charge in [-0.15, -0.1) is 0 Å². The van der Waals surface area contributed by atoms with Gasteiger partial charge in [0.25, 0.3) is 0 Å². The van der Waals surface area contributed by atoms with Crippen molar-refractivity contribution < 1.29 is 19.1 Å². The average molecular weight is 384 g/mol. The number of methoxy groups -OCH3 is 1. The van der Waals surface area contributed by atoms with Crippen LogP contribution in [0.5, 0.6) is 0 Å². The Kier molecular flexibility index (Phi) is 7.14. The van der Waals surface area contributed by atoms with Crippen molar-refractivity contribution in [1.29, 1.82) is 0 Å². The molecule has 27 heavy (non-hydrogen) atoms. The normalized spacial score (nSPS) is 29.5. The first-order valence-electron chi connectivity index (χ1n) is 10.1. The summed E-state index contributed by atoms with van der Waals surface area (Å²) in [5.41, 5.74) is -0.576. The molecule has 2 aliphatic rings. The summed E-state index contributed by atoms with van der Waals surface area (Å²) in [4.78, 5) is 29.2. The van der Waals surface area contributed by atoms with E-state index in [9.17, 15) is 9.59 Å². The molecule has 2 rings (SSSR count). The van der Waals surface area contributed by atoms with Crippen LogP contribution in [0.4, 0.5) is 4.79 Å². The van der Waals surface area contributed by atoms with Gasteiger partial charge in [-0.3, -0.25) is 4.79 Å². The molecule has 4 atom stereocenters. The zero-order valence-electron chi connectivity index (χ0n) is 17.9. The zero-order valence-corrected chi connectivity index (χ0v) is 17.9. The third kappa shape index (κ3) is 5.57. The number of amides is 2. The molecule has 1 aliphatic carbocycles. The summed E-state index contributed by atoms with van der Waals surface area (Å²) >= 11 is 0. The van der Waals surface area contributed by atoms with Crippen LogP contribution >= 0.6 is 0 Å². The van der Waals surface area contributed by atoms with Crippen LogP contribution in [-0.2, 0) is 14.3 Å². The largest absolute Gasteiger partial charge is 0.444 e. The summed E-state index contributed by atoms with van der Waals surface area (Å²) in [5.74, 6) is -0.0245. The van der Waals surface area contributed by atoms with Crippen LogP contribution in [-0.4, -0.2) is 78.4 Å². The molecule has 1 aliphatic heterocycles. The Bertz CT molecular complexity index is 532. The van der Waals surface area contributed by atoms with Gasteiger partial charge >= 0.3 is 6.09 Å². The average Bonchev–Trinajstić information content (AvgIpc) is 2.92. The van der Waals surface area contributed by atoms with Gasteiger partial charge < -0.3 is 24.6 Å². The molecular formula is C20H37N3O4. The number of hydrogen-bond acceptors (Lipinski definition) is 5. The van der Waals surface area contributed by atoms with Crippen molar-refractivity contribution in [2.45, 2.75) is 96.2 Å². The lowest BCUT2D eigenvalue weighted by molar-refractivity contribution is -0.136. The molecule has 7 nitrogen and oxygen atoms in total. The Labute approximate surface area is 163 Å². The van der Waals surface area contributed by atoms with Gasteiger partial charge in [-0.1, -0.05) is 0 Å². The molecule has 0 radical (unpaired) electrons. The van der Waals surface area contributed by atoms with Gasteiger partial charge in [0, 0.05) is 25.7 Å². The van der Waals surface area contributed by atoms with E-state index < -0.39 is 17.7 Å². The fourth-order valence-electron chi connectivity index (χ4n) is 4.11. The number of hydrogen-bond donors (Lipinski definition) is 1. The molecule has 1 N–H and O–H groups in total. The molecule has 7 heteroatoms. The molecular weight excluding hydrogens is 346 g/mol. The van der Waals surface area contributed by atoms with E-state index in [4.69, 9.17) is 9.47 Å². The van der Waals surface area contributed by atoms with E-state index in [1.54, 1.807) is 7.11 Å². The smallest absolute Gasteiger partial charge is 0.408 e. The van der Waals surface area contributed by atoms with Crippen LogP contribution in [0.1, 0.15) is 60.3 Å². The van der Waals surface area contributed by atoms with Gasteiger partial charge in [0.1, 0.15) is 11.6 Å². The van der Waals surface area contributed by atoms with Crippen molar-refractivity contribution in [1.82, 2.24) is 15.1 Å². The number of nitrogens with zero attached hydrogens (tertiary/aromatic N) is 2. The van der Waals surface area contributed by atoms with E-state index in [0.717, 1.165) is 19.3 Å². The van der Waals surface area contributed by atoms with E-state index in [0.29, 0.717) is 25.0 Å². The number of nitrogens with one attached hydrogen (secondary N) is 1. The number of rotatable bonds is 5. The predicted molar refractivity (Wildman–Crippen MR) is 105 cm³/mol. The second-order valence-electron chi connectivity index (χ2n) is 9.09. The minimum Gasteiger partial charge on any atom is -0.444 e. The molecule has 0 unspecified atom stereocenters. The number of carbonyl (C=O) groups is 2. The summed E-state index contributed by atoms with van der Waals surface area (Å²) in [7, 11) is 3.89. The SMILES string of the molecule is CO[C@H]1C[C@@H](N(C)C(C)C)CC[C@H]1N1CC[C@H](NC(=O)OC(C)(C)C)C1=O. The van der Waals surface area contributed by atoms with E-state index in [2.05, 4.69) is 31.1 Å². The summed E-state index contributed by atoms with van der Waals surface area (Å²) < 4.78 is 11.1. The van der Waals surface area contributed by atoms with Crippen molar-refractivity contribution >= 4 is 12.0 Å². The summed E-state index contributed by atoms with van der Waals surface area (Å²) in [6.45, 7) is 10.5. The Morgan fingerprint density at radius 1 is 1.26 bits per heavy atom. The maximum Gasteiger partial charge on any atom is 0.408 e. The van der Waals surface area contributed by atoms with Gasteiger partial charge in [0.15, 0.2) is 0 Å². The molecule has 1 heterocycles. The number of carbonyl (C=O) groups excluding carboxylic acids is 2. The molecule has 0 aromatic rings. The minimum absolute atomic E-state index is 0.0224. The van der Waals surface area contributed by atoms with Crippen LogP contribution in [0.3, 0.4) is 0 Å². The molecule has 0 bridgehead atoms. The molecule has 2 amide bonds. The summed E-state index contributed by atoms with van der Waals surface area (Å²) in [6, 6.07) is 0.526. The maximum absolute atomic E-state index is 12.9. The first-order valence-corrected chi connectivity index (χ1v) is 10.1. The first kappa shape index (κ1) is 22.0. The molecule has 2 fully saturated rings. The standard InChI is InChI=1S/C20H37N3O4/c1-13(2)22(6)14-8-9-16(17(12-14)26-7)23-11-10-15(18(23)24)21-19(25)27-20(3,4)5/h13-17H,8-12H2,1-7H3,(H,21,25)/t14-,15-,16+,17-/m0/s1. The topological polar surface area (TPSA) is 71.1 Å². The van der Waals surface area contributed by atoms with Crippen LogP contribution in [0.25, 0.3) is 0 Å². The number of alkyl carbamates (subject to hydrolysis) is 1. The lowest BCUT2D eigenvalue weighted by Gasteiger charge is -2.43. The van der Waals surface area contributed by atoms with Crippen molar-refractivity contribution in [3.63, 3.8) is 0 Å². The Hall–Kier alpha value is -1.34. The highest BCUT2D eigenvalue weighted by atomic mass is 16.6. The van der Waals surface area contributed by atoms with Crippen molar-refractivity contribution in [2.24, 2.45) is 0 Å². The van der Waals surface area contributed by atoms with Crippen molar-refractivity contribution in [2.75, 3.05) is 20.7 Å². The van der Waals surface area contributed by atoms with Crippen LogP contribution in [0, 0.1) is 0 Å². The van der Waals surface area contributed by atoms with Crippen LogP contribution < -0.4 is 5.32 Å². The second-order valence-corrected chi connectivity index (χ2v) is 9.09. The third-order valence-electron chi connectivity index (χ3n) is 5.75. The fraction of sp³-hybridized carbons (Fsp3) is 0.900. The Balaban J connectivity index is 1.96. The second kappa shape index (κ2) is 8.78. The van der Waals surface area contributed by atoms with E-state index in [-0.39, 0.29) is 18.1 Å². The van der Waals surface area contributed by atoms with E-state index >= 15 is 0 Å². The zero-order chi connectivity index (χ0) is 20.4. The van der Waals surface area contributed by atoms with E-state index in [1.165, 1.54) is 0 Å². The fourth-order valence-corrected chi connectivity index (χ4v) is 4.11. The Morgan fingerprint density at radius 3 is 2.48 bits per heavy atom. The van der Waals surface area contributed by atoms with Crippen LogP contribution in [0.2, 0.25) is 0 Å². The summed E-state index contributed by atoms with van der Waals surface area (Å²) in [5, 5.41) is 2.73. The lowest BCUT2D eigenvalue weighted by atomic mass is 9.86. The number of ether oxygens (including phenoxy) is 2. The van der Waals surface area contributed by atoms with Gasteiger partial charge in [0.2, 0.25) is 5.91 Å². The monoisotopic (exact) mass is 383 g/mol. The first-order chi connectivity index (χ1) is 12.5. The number of likely N-dealkylation sites (tertiary alicyclic amines) is 1. The van der Waals surface area contributed by atoms with Gasteiger partial charge in [0.05, 0.1) is 12.1 Å². The highest BCUT2D eigenvalue weighted by molar-refractivity contribution is 5.87.